The Balaban J connectivity index is 2.92. The second-order valence-electron chi connectivity index (χ2n) is 2.82. The van der Waals surface area contributed by atoms with E-state index in [2.05, 4.69) is 4.98 Å². The van der Waals surface area contributed by atoms with Crippen molar-refractivity contribution in [1.29, 1.82) is 0 Å². The molecule has 2 rings (SSSR count). The van der Waals surface area contributed by atoms with Crippen molar-refractivity contribution in [2.45, 2.75) is 0 Å². The summed E-state index contributed by atoms with van der Waals surface area (Å²) in [5.41, 5.74) is 6.46. The number of benzene rings is 1. The molecule has 0 spiro atoms. The molecule has 1 heterocycles. The third-order valence-electron chi connectivity index (χ3n) is 1.84. The van der Waals surface area contributed by atoms with Crippen LogP contribution in [-0.4, -0.2) is 4.98 Å². The molecule has 0 atom stereocenters. The summed E-state index contributed by atoms with van der Waals surface area (Å²) in [6.45, 7) is 0. The molecule has 0 amide bonds. The number of halogens is 3. The molecule has 0 aliphatic rings. The first-order valence-electron chi connectivity index (χ1n) is 3.78. The zero-order chi connectivity index (χ0) is 10.3. The maximum atomic E-state index is 13.3. The lowest BCUT2D eigenvalue weighted by Gasteiger charge is -2.03. The fraction of sp³-hybridized carbons (Fsp3) is 0. The minimum atomic E-state index is -0.645. The topological polar surface area (TPSA) is 38.9 Å². The Morgan fingerprint density at radius 2 is 2.00 bits per heavy atom. The number of nitrogens with two attached hydrogens (primary N) is 1. The molecular formula is C9H5Cl2FN2. The van der Waals surface area contributed by atoms with Gasteiger partial charge in [0, 0.05) is 5.39 Å². The van der Waals surface area contributed by atoms with Crippen LogP contribution in [-0.2, 0) is 0 Å². The Morgan fingerprint density at radius 3 is 2.71 bits per heavy atom. The molecule has 0 unspecified atom stereocenters. The average Bonchev–Trinajstić information content (AvgIpc) is 2.16. The second-order valence-corrected chi connectivity index (χ2v) is 3.61. The van der Waals surface area contributed by atoms with Crippen LogP contribution in [0.1, 0.15) is 0 Å². The number of fused-ring (bicyclic) bond motifs is 1. The highest BCUT2D eigenvalue weighted by Gasteiger charge is 2.11. The summed E-state index contributed by atoms with van der Waals surface area (Å²) in [6.07, 6.45) is 1.47. The predicted molar refractivity (Wildman–Crippen MR) is 56.1 cm³/mol. The molecule has 2 aromatic rings. The Kier molecular flexibility index (Phi) is 2.21. The number of rotatable bonds is 0. The van der Waals surface area contributed by atoms with Crippen LogP contribution in [0.5, 0.6) is 0 Å². The first-order chi connectivity index (χ1) is 6.59. The summed E-state index contributed by atoms with van der Waals surface area (Å²) in [4.78, 5) is 3.98. The number of nitrogen functional groups attached to an aromatic ring is 1. The Morgan fingerprint density at radius 1 is 1.29 bits per heavy atom. The normalized spacial score (nSPS) is 10.8. The van der Waals surface area contributed by atoms with E-state index in [1.54, 1.807) is 6.07 Å². The molecule has 2 nitrogen and oxygen atoms in total. The van der Waals surface area contributed by atoms with E-state index in [9.17, 15) is 4.39 Å². The second kappa shape index (κ2) is 3.26. The summed E-state index contributed by atoms with van der Waals surface area (Å²) in [5, 5.41) is 0.376. The molecule has 0 bridgehead atoms. The number of anilines is 1. The van der Waals surface area contributed by atoms with Crippen LogP contribution in [0.3, 0.4) is 0 Å². The van der Waals surface area contributed by atoms with Gasteiger partial charge in [-0.25, -0.2) is 4.39 Å². The van der Waals surface area contributed by atoms with E-state index in [4.69, 9.17) is 28.9 Å². The summed E-state index contributed by atoms with van der Waals surface area (Å²) in [7, 11) is 0. The molecular weight excluding hydrogens is 226 g/mol. The van der Waals surface area contributed by atoms with E-state index >= 15 is 0 Å². The minimum absolute atomic E-state index is 0.0419. The highest BCUT2D eigenvalue weighted by atomic mass is 35.5. The Hall–Kier alpha value is -1.06. The van der Waals surface area contributed by atoms with E-state index in [1.807, 2.05) is 0 Å². The zero-order valence-corrected chi connectivity index (χ0v) is 8.40. The van der Waals surface area contributed by atoms with Gasteiger partial charge in [0.05, 0.1) is 27.4 Å². The van der Waals surface area contributed by atoms with Crippen molar-refractivity contribution in [3.05, 3.63) is 34.2 Å². The van der Waals surface area contributed by atoms with Gasteiger partial charge in [-0.1, -0.05) is 23.2 Å². The average molecular weight is 231 g/mol. The van der Waals surface area contributed by atoms with Crippen LogP contribution in [0.4, 0.5) is 10.1 Å². The van der Waals surface area contributed by atoms with Crippen molar-refractivity contribution in [1.82, 2.24) is 4.98 Å². The van der Waals surface area contributed by atoms with Crippen LogP contribution in [0.15, 0.2) is 18.3 Å². The third kappa shape index (κ3) is 1.38. The SMILES string of the molecule is Nc1cnc2cc(Cl)c(F)c(Cl)c2c1. The van der Waals surface area contributed by atoms with Gasteiger partial charge in [0.25, 0.3) is 0 Å². The van der Waals surface area contributed by atoms with E-state index in [0.29, 0.717) is 16.6 Å². The van der Waals surface area contributed by atoms with Crippen LogP contribution in [0.2, 0.25) is 10.0 Å². The number of hydrogen-bond donors (Lipinski definition) is 1. The Bertz CT molecular complexity index is 514. The van der Waals surface area contributed by atoms with Crippen molar-refractivity contribution < 1.29 is 4.39 Å². The lowest BCUT2D eigenvalue weighted by molar-refractivity contribution is 0.630. The monoisotopic (exact) mass is 230 g/mol. The largest absolute Gasteiger partial charge is 0.397 e. The van der Waals surface area contributed by atoms with Gasteiger partial charge in [-0.05, 0) is 12.1 Å². The molecule has 1 aromatic carbocycles. The van der Waals surface area contributed by atoms with Gasteiger partial charge in [-0.15, -0.1) is 0 Å². The van der Waals surface area contributed by atoms with Crippen molar-refractivity contribution in [2.75, 3.05) is 5.73 Å². The summed E-state index contributed by atoms with van der Waals surface area (Å²) in [5.74, 6) is -0.645. The molecule has 5 heteroatoms. The molecule has 0 fully saturated rings. The summed E-state index contributed by atoms with van der Waals surface area (Å²) in [6, 6.07) is 2.97. The van der Waals surface area contributed by atoms with Crippen molar-refractivity contribution in [2.24, 2.45) is 0 Å². The van der Waals surface area contributed by atoms with Gasteiger partial charge in [0.2, 0.25) is 0 Å². The lowest BCUT2D eigenvalue weighted by Crippen LogP contribution is -1.90. The highest BCUT2D eigenvalue weighted by molar-refractivity contribution is 6.38. The number of nitrogens with zero attached hydrogens (tertiary/aromatic N) is 1. The van der Waals surface area contributed by atoms with Crippen LogP contribution >= 0.6 is 23.2 Å². The minimum Gasteiger partial charge on any atom is -0.397 e. The molecule has 0 radical (unpaired) electrons. The van der Waals surface area contributed by atoms with Crippen LogP contribution in [0, 0.1) is 5.82 Å². The van der Waals surface area contributed by atoms with Gasteiger partial charge in [0.1, 0.15) is 0 Å². The van der Waals surface area contributed by atoms with Gasteiger partial charge >= 0.3 is 0 Å². The third-order valence-corrected chi connectivity index (χ3v) is 2.49. The molecule has 0 saturated carbocycles. The molecule has 14 heavy (non-hydrogen) atoms. The first-order valence-corrected chi connectivity index (χ1v) is 4.54. The molecule has 0 aliphatic heterocycles. The molecule has 0 aliphatic carbocycles. The van der Waals surface area contributed by atoms with E-state index in [-0.39, 0.29) is 10.0 Å². The summed E-state index contributed by atoms with van der Waals surface area (Å²) >= 11 is 11.4. The Labute approximate surface area is 89.4 Å². The summed E-state index contributed by atoms with van der Waals surface area (Å²) < 4.78 is 13.3. The van der Waals surface area contributed by atoms with Gasteiger partial charge in [0.15, 0.2) is 5.82 Å². The molecule has 0 saturated heterocycles. The predicted octanol–water partition coefficient (Wildman–Crippen LogP) is 3.26. The van der Waals surface area contributed by atoms with Crippen molar-refractivity contribution >= 4 is 39.8 Å². The zero-order valence-electron chi connectivity index (χ0n) is 6.89. The first kappa shape index (κ1) is 9.49. The number of aromatic nitrogens is 1. The van der Waals surface area contributed by atoms with Crippen molar-refractivity contribution in [3.8, 4) is 0 Å². The smallest absolute Gasteiger partial charge is 0.161 e. The molecule has 72 valence electrons. The maximum absolute atomic E-state index is 13.3. The van der Waals surface area contributed by atoms with Gasteiger partial charge in [-0.3, -0.25) is 4.98 Å². The standard InChI is InChI=1S/C9H5Cl2FN2/c10-6-2-7-5(8(11)9(6)12)1-4(13)3-14-7/h1-3H,13H2. The number of pyridine rings is 1. The molecule has 1 aromatic heterocycles. The maximum Gasteiger partial charge on any atom is 0.161 e. The van der Waals surface area contributed by atoms with Gasteiger partial charge in [-0.2, -0.15) is 0 Å². The molecule has 2 N–H and O–H groups in total. The highest BCUT2D eigenvalue weighted by Crippen LogP contribution is 2.31. The van der Waals surface area contributed by atoms with E-state index in [0.717, 1.165) is 0 Å². The van der Waals surface area contributed by atoms with Crippen LogP contribution in [0.25, 0.3) is 10.9 Å². The van der Waals surface area contributed by atoms with Gasteiger partial charge < -0.3 is 5.73 Å². The van der Waals surface area contributed by atoms with E-state index in [1.165, 1.54) is 12.3 Å². The fourth-order valence-electron chi connectivity index (χ4n) is 1.19. The fourth-order valence-corrected chi connectivity index (χ4v) is 1.69. The van der Waals surface area contributed by atoms with Crippen LogP contribution < -0.4 is 5.73 Å². The number of hydrogen-bond acceptors (Lipinski definition) is 2. The van der Waals surface area contributed by atoms with Crippen molar-refractivity contribution in [3.63, 3.8) is 0 Å². The quantitative estimate of drug-likeness (QED) is 0.706. The van der Waals surface area contributed by atoms with E-state index < -0.39 is 5.82 Å². The lowest BCUT2D eigenvalue weighted by atomic mass is 10.2.